The van der Waals surface area contributed by atoms with E-state index >= 15 is 0 Å². The predicted octanol–water partition coefficient (Wildman–Crippen LogP) is -0.634. The van der Waals surface area contributed by atoms with Crippen LogP contribution in [-0.4, -0.2) is 75.0 Å². The highest BCUT2D eigenvalue weighted by Gasteiger charge is 2.64. The minimum Gasteiger partial charge on any atom is -0.480 e. The van der Waals surface area contributed by atoms with Gasteiger partial charge in [-0.2, -0.15) is 0 Å². The summed E-state index contributed by atoms with van der Waals surface area (Å²) in [5.74, 6) is -3.68. The van der Waals surface area contributed by atoms with Crippen molar-refractivity contribution in [3.8, 4) is 0 Å². The van der Waals surface area contributed by atoms with Gasteiger partial charge < -0.3 is 31.1 Å². The molecule has 3 rings (SSSR count). The first-order chi connectivity index (χ1) is 15.5. The van der Waals surface area contributed by atoms with Gasteiger partial charge in [0, 0.05) is 4.75 Å². The molecule has 2 aliphatic rings. The molecular weight excluding hydrogens is 452 g/mol. The lowest BCUT2D eigenvalue weighted by atomic mass is 9.95. The van der Waals surface area contributed by atoms with Crippen LogP contribution < -0.4 is 16.4 Å². The number of aliphatic carboxylic acids is 1. The molecule has 5 atom stereocenters. The van der Waals surface area contributed by atoms with Crippen molar-refractivity contribution in [2.75, 3.05) is 7.11 Å². The summed E-state index contributed by atoms with van der Waals surface area (Å²) in [6.07, 6.45) is -0.369. The summed E-state index contributed by atoms with van der Waals surface area (Å²) in [5.41, 5.74) is 6.20. The van der Waals surface area contributed by atoms with Gasteiger partial charge in [-0.3, -0.25) is 19.2 Å². The number of carboxylic acid groups (broad SMARTS) is 1. The van der Waals surface area contributed by atoms with Gasteiger partial charge in [0.05, 0.1) is 19.6 Å². The molecule has 1 aromatic carbocycles. The summed E-state index contributed by atoms with van der Waals surface area (Å²) in [6.45, 7) is 3.47. The summed E-state index contributed by atoms with van der Waals surface area (Å²) in [7, 11) is 1.17. The molecule has 0 aliphatic carbocycles. The number of β-lactam (4-membered cyclic amide) rings is 1. The molecule has 2 saturated heterocycles. The second kappa shape index (κ2) is 9.40. The number of carbonyl (C=O) groups excluding carboxylic acids is 4. The van der Waals surface area contributed by atoms with Crippen LogP contribution in [0.3, 0.4) is 0 Å². The quantitative estimate of drug-likeness (QED) is 0.281. The molecule has 2 aliphatic heterocycles. The van der Waals surface area contributed by atoms with Gasteiger partial charge in [0.25, 0.3) is 0 Å². The fourth-order valence-electron chi connectivity index (χ4n) is 3.93. The smallest absolute Gasteiger partial charge is 0.327 e. The molecule has 12 heteroatoms. The molecule has 2 heterocycles. The van der Waals surface area contributed by atoms with Crippen molar-refractivity contribution in [3.63, 3.8) is 0 Å². The predicted molar refractivity (Wildman–Crippen MR) is 118 cm³/mol. The Kier molecular flexibility index (Phi) is 6.98. The van der Waals surface area contributed by atoms with Gasteiger partial charge in [-0.1, -0.05) is 30.3 Å². The van der Waals surface area contributed by atoms with Crippen LogP contribution >= 0.6 is 11.8 Å². The Morgan fingerprint density at radius 2 is 1.85 bits per heavy atom. The maximum Gasteiger partial charge on any atom is 0.327 e. The maximum atomic E-state index is 13.1. The van der Waals surface area contributed by atoms with Crippen LogP contribution in [0.4, 0.5) is 0 Å². The number of hydrogen-bond donors (Lipinski definition) is 4. The molecule has 5 N–H and O–H groups in total. The lowest BCUT2D eigenvalue weighted by Crippen LogP contribution is -2.71. The number of esters is 1. The van der Waals surface area contributed by atoms with Crippen LogP contribution in [0.2, 0.25) is 0 Å². The van der Waals surface area contributed by atoms with Gasteiger partial charge in [0.2, 0.25) is 17.7 Å². The van der Waals surface area contributed by atoms with Gasteiger partial charge in [0.1, 0.15) is 23.5 Å². The zero-order chi connectivity index (χ0) is 24.5. The van der Waals surface area contributed by atoms with E-state index in [0.717, 1.165) is 0 Å². The summed E-state index contributed by atoms with van der Waals surface area (Å²) >= 11 is 1.29. The van der Waals surface area contributed by atoms with Crippen LogP contribution in [0.25, 0.3) is 0 Å². The number of nitrogens with one attached hydrogen (secondary N) is 2. The van der Waals surface area contributed by atoms with Crippen molar-refractivity contribution in [2.24, 2.45) is 5.73 Å². The number of methoxy groups -OCH3 is 1. The van der Waals surface area contributed by atoms with Crippen LogP contribution in [-0.2, 0) is 28.7 Å². The number of thioether (sulfide) groups is 1. The normalized spacial score (nSPS) is 24.7. The zero-order valence-corrected chi connectivity index (χ0v) is 19.1. The maximum absolute atomic E-state index is 13.1. The highest BCUT2D eigenvalue weighted by atomic mass is 32.2. The molecular formula is C21H26N4O7S. The number of benzene rings is 1. The standard InChI is InChI=1S/C21H26N4O7S/c1-21(2)15(20(30)31)25-18(29)14(19(25)33-21)24-17(28)13(10-7-5-4-6-8-10)23-16(27)11(22)9-12(26)32-3/h4-8,11,13-15,19H,9,22H2,1-3H3,(H,23,27)(H,24,28)(H,30,31)/t11?,13?,14-,15+,19-/m1/s1. The lowest BCUT2D eigenvalue weighted by molar-refractivity contribution is -0.161. The van der Waals surface area contributed by atoms with Crippen LogP contribution in [0.1, 0.15) is 31.9 Å². The highest BCUT2D eigenvalue weighted by molar-refractivity contribution is 8.01. The molecule has 3 amide bonds. The second-order valence-electron chi connectivity index (χ2n) is 8.32. The molecule has 11 nitrogen and oxygen atoms in total. The Morgan fingerprint density at radius 3 is 2.42 bits per heavy atom. The summed E-state index contributed by atoms with van der Waals surface area (Å²) in [6, 6.07) is 3.99. The number of amides is 3. The van der Waals surface area contributed by atoms with Crippen LogP contribution in [0, 0.1) is 0 Å². The van der Waals surface area contributed by atoms with Crippen molar-refractivity contribution < 1.29 is 33.8 Å². The first-order valence-electron chi connectivity index (χ1n) is 10.2. The van der Waals surface area contributed by atoms with E-state index in [9.17, 15) is 29.1 Å². The van der Waals surface area contributed by atoms with Gasteiger partial charge in [-0.15, -0.1) is 11.8 Å². The van der Waals surface area contributed by atoms with Gasteiger partial charge >= 0.3 is 11.9 Å². The minimum atomic E-state index is -1.24. The SMILES string of the molecule is COC(=O)CC(N)C(=O)NC(C(=O)N[C@@H]1C(=O)N2[C@@H]1SC(C)(C)[C@@H]2C(=O)O)c1ccccc1. The van der Waals surface area contributed by atoms with E-state index in [1.54, 1.807) is 44.2 Å². The number of carboxylic acids is 1. The third-order valence-electron chi connectivity index (χ3n) is 5.61. The third kappa shape index (κ3) is 4.81. The van der Waals surface area contributed by atoms with E-state index in [4.69, 9.17) is 5.73 Å². The summed E-state index contributed by atoms with van der Waals surface area (Å²) < 4.78 is 3.78. The Bertz CT molecular complexity index is 971. The molecule has 0 radical (unpaired) electrons. The second-order valence-corrected chi connectivity index (χ2v) is 10.1. The van der Waals surface area contributed by atoms with E-state index in [2.05, 4.69) is 15.4 Å². The largest absolute Gasteiger partial charge is 0.480 e. The molecule has 0 bridgehead atoms. The van der Waals surface area contributed by atoms with Crippen molar-refractivity contribution in [3.05, 3.63) is 35.9 Å². The van der Waals surface area contributed by atoms with Crippen LogP contribution in [0.5, 0.6) is 0 Å². The summed E-state index contributed by atoms with van der Waals surface area (Å²) in [4.78, 5) is 62.7. The van der Waals surface area contributed by atoms with E-state index in [-0.39, 0.29) is 6.42 Å². The van der Waals surface area contributed by atoms with Crippen molar-refractivity contribution in [2.45, 2.75) is 54.6 Å². The number of ether oxygens (including phenoxy) is 1. The molecule has 33 heavy (non-hydrogen) atoms. The first-order valence-corrected chi connectivity index (χ1v) is 11.1. The fraction of sp³-hybridized carbons (Fsp3) is 0.476. The molecule has 1 aromatic rings. The van der Waals surface area contributed by atoms with Gasteiger partial charge in [-0.05, 0) is 19.4 Å². The number of rotatable bonds is 8. The Hall–Kier alpha value is -3.12. The van der Waals surface area contributed by atoms with Gasteiger partial charge in [-0.25, -0.2) is 4.79 Å². The third-order valence-corrected chi connectivity index (χ3v) is 7.18. The zero-order valence-electron chi connectivity index (χ0n) is 18.3. The lowest BCUT2D eigenvalue weighted by Gasteiger charge is -2.44. The molecule has 2 fully saturated rings. The molecule has 0 aromatic heterocycles. The number of carbonyl (C=O) groups is 5. The molecule has 0 saturated carbocycles. The van der Waals surface area contributed by atoms with E-state index < -0.39 is 63.9 Å². The number of hydrogen-bond acceptors (Lipinski definition) is 8. The molecule has 2 unspecified atom stereocenters. The Labute approximate surface area is 194 Å². The van der Waals surface area contributed by atoms with E-state index in [1.165, 1.54) is 23.8 Å². The van der Waals surface area contributed by atoms with Crippen molar-refractivity contribution in [1.82, 2.24) is 15.5 Å². The van der Waals surface area contributed by atoms with E-state index in [1.807, 2.05) is 0 Å². The van der Waals surface area contributed by atoms with Crippen molar-refractivity contribution in [1.29, 1.82) is 0 Å². The van der Waals surface area contributed by atoms with E-state index in [0.29, 0.717) is 5.56 Å². The number of nitrogens with two attached hydrogens (primary N) is 1. The Morgan fingerprint density at radius 1 is 1.21 bits per heavy atom. The van der Waals surface area contributed by atoms with Crippen molar-refractivity contribution >= 4 is 41.4 Å². The number of nitrogens with zero attached hydrogens (tertiary/aromatic N) is 1. The molecule has 178 valence electrons. The minimum absolute atomic E-state index is 0.369. The Balaban J connectivity index is 1.75. The van der Waals surface area contributed by atoms with Crippen LogP contribution in [0.15, 0.2) is 30.3 Å². The molecule has 0 spiro atoms. The van der Waals surface area contributed by atoms with Gasteiger partial charge in [0.15, 0.2) is 0 Å². The average molecular weight is 479 g/mol. The monoisotopic (exact) mass is 478 g/mol. The summed E-state index contributed by atoms with van der Waals surface area (Å²) in [5, 5.41) is 14.2. The fourth-order valence-corrected chi connectivity index (χ4v) is 5.56. The average Bonchev–Trinajstić information content (AvgIpc) is 3.03. The topological polar surface area (TPSA) is 168 Å². The first kappa shape index (κ1) is 24.5. The number of fused-ring (bicyclic) bond motifs is 1. The highest BCUT2D eigenvalue weighted by Crippen LogP contribution is 2.50.